The monoisotopic (exact) mass is 404 g/mol. The molecular weight excluding hydrogens is 388 g/mol. The highest BCUT2D eigenvalue weighted by Gasteiger charge is 2.31. The molecule has 4 rings (SSSR count). The van der Waals surface area contributed by atoms with Crippen LogP contribution in [-0.2, 0) is 4.79 Å². The Labute approximate surface area is 171 Å². The third-order valence-electron chi connectivity index (χ3n) is 4.35. The first kappa shape index (κ1) is 18.6. The normalized spacial score (nSPS) is 15.1. The third kappa shape index (κ3) is 3.93. The van der Waals surface area contributed by atoms with Gasteiger partial charge in [-0.05, 0) is 29.6 Å². The standard InChI is InChI=1S/C22H16N2O4S/c23-12-17-21(19-7-4-10-29-19)16-9-8-15(11-18(16)28-22(17)24)27-20(25)13-26-14-5-2-1-3-6-14/h1-11,21H,13,24H2. The molecule has 0 bridgehead atoms. The van der Waals surface area contributed by atoms with E-state index in [9.17, 15) is 10.1 Å². The topological polar surface area (TPSA) is 94.6 Å². The molecule has 1 unspecified atom stereocenters. The number of rotatable bonds is 5. The van der Waals surface area contributed by atoms with Crippen molar-refractivity contribution in [2.24, 2.45) is 5.73 Å². The highest BCUT2D eigenvalue weighted by atomic mass is 32.1. The number of para-hydroxylation sites is 1. The average Bonchev–Trinajstić information content (AvgIpc) is 3.26. The van der Waals surface area contributed by atoms with Crippen LogP contribution in [-0.4, -0.2) is 12.6 Å². The first-order valence-corrected chi connectivity index (χ1v) is 9.67. The van der Waals surface area contributed by atoms with Crippen LogP contribution in [0.3, 0.4) is 0 Å². The van der Waals surface area contributed by atoms with E-state index in [1.807, 2.05) is 35.7 Å². The van der Waals surface area contributed by atoms with Crippen molar-refractivity contribution in [2.75, 3.05) is 6.61 Å². The molecule has 1 atom stereocenters. The SMILES string of the molecule is N#CC1=C(N)Oc2cc(OC(=O)COc3ccccc3)ccc2C1c1cccs1. The minimum atomic E-state index is -0.541. The van der Waals surface area contributed by atoms with E-state index >= 15 is 0 Å². The molecule has 144 valence electrons. The van der Waals surface area contributed by atoms with Gasteiger partial charge >= 0.3 is 5.97 Å². The van der Waals surface area contributed by atoms with Gasteiger partial charge in [0.2, 0.25) is 5.88 Å². The number of carbonyl (C=O) groups excluding carboxylic acids is 1. The number of hydrogen-bond donors (Lipinski definition) is 1. The van der Waals surface area contributed by atoms with Crippen LogP contribution in [0.2, 0.25) is 0 Å². The Morgan fingerprint density at radius 2 is 1.97 bits per heavy atom. The minimum absolute atomic E-state index is 0.0503. The molecule has 6 nitrogen and oxygen atoms in total. The highest BCUT2D eigenvalue weighted by Crippen LogP contribution is 2.44. The van der Waals surface area contributed by atoms with E-state index in [1.165, 1.54) is 11.3 Å². The highest BCUT2D eigenvalue weighted by molar-refractivity contribution is 7.10. The molecule has 2 N–H and O–H groups in total. The van der Waals surface area contributed by atoms with Crippen LogP contribution < -0.4 is 19.9 Å². The van der Waals surface area contributed by atoms with Crippen molar-refractivity contribution in [1.29, 1.82) is 5.26 Å². The summed E-state index contributed by atoms with van der Waals surface area (Å²) < 4.78 is 16.4. The number of nitriles is 1. The third-order valence-corrected chi connectivity index (χ3v) is 5.29. The number of nitrogens with two attached hydrogens (primary N) is 1. The molecule has 0 spiro atoms. The number of ether oxygens (including phenoxy) is 3. The van der Waals surface area contributed by atoms with Gasteiger partial charge in [-0.2, -0.15) is 5.26 Å². The summed E-state index contributed by atoms with van der Waals surface area (Å²) in [6.45, 7) is -0.222. The zero-order chi connectivity index (χ0) is 20.2. The number of carbonyl (C=O) groups is 1. The quantitative estimate of drug-likeness (QED) is 0.511. The molecule has 0 saturated heterocycles. The Morgan fingerprint density at radius 3 is 2.69 bits per heavy atom. The Balaban J connectivity index is 1.53. The molecule has 0 amide bonds. The summed E-state index contributed by atoms with van der Waals surface area (Å²) in [6, 6.07) is 20.1. The molecule has 3 aromatic rings. The van der Waals surface area contributed by atoms with Crippen LogP contribution in [0.15, 0.2) is 77.5 Å². The van der Waals surface area contributed by atoms with Crippen LogP contribution in [0.5, 0.6) is 17.2 Å². The van der Waals surface area contributed by atoms with Crippen molar-refractivity contribution in [3.63, 3.8) is 0 Å². The molecule has 1 aromatic heterocycles. The maximum absolute atomic E-state index is 12.1. The van der Waals surface area contributed by atoms with E-state index in [1.54, 1.807) is 30.3 Å². The lowest BCUT2D eigenvalue weighted by atomic mass is 9.88. The fourth-order valence-corrected chi connectivity index (χ4v) is 3.92. The number of benzene rings is 2. The van der Waals surface area contributed by atoms with Crippen LogP contribution in [0.4, 0.5) is 0 Å². The van der Waals surface area contributed by atoms with Gasteiger partial charge in [0.1, 0.15) is 28.9 Å². The molecule has 0 fully saturated rings. The van der Waals surface area contributed by atoms with Gasteiger partial charge in [-0.1, -0.05) is 30.3 Å². The summed E-state index contributed by atoms with van der Waals surface area (Å²) in [6.07, 6.45) is 0. The van der Waals surface area contributed by atoms with Gasteiger partial charge in [-0.15, -0.1) is 11.3 Å². The molecule has 1 aliphatic rings. The summed E-state index contributed by atoms with van der Waals surface area (Å²) in [4.78, 5) is 13.1. The largest absolute Gasteiger partial charge is 0.482 e. The lowest BCUT2D eigenvalue weighted by Gasteiger charge is -2.25. The second kappa shape index (κ2) is 8.09. The van der Waals surface area contributed by atoms with Crippen molar-refractivity contribution >= 4 is 17.3 Å². The predicted octanol–water partition coefficient (Wildman–Crippen LogP) is 3.95. The number of allylic oxidation sites excluding steroid dienone is 1. The molecular formula is C22H16N2O4S. The van der Waals surface area contributed by atoms with Crippen molar-refractivity contribution in [3.05, 3.63) is 87.9 Å². The van der Waals surface area contributed by atoms with Crippen molar-refractivity contribution < 1.29 is 19.0 Å². The Morgan fingerprint density at radius 1 is 1.14 bits per heavy atom. The lowest BCUT2D eigenvalue weighted by molar-refractivity contribution is -0.136. The van der Waals surface area contributed by atoms with Gasteiger partial charge in [0.05, 0.1) is 5.92 Å². The minimum Gasteiger partial charge on any atom is -0.482 e. The maximum Gasteiger partial charge on any atom is 0.349 e. The Hall–Kier alpha value is -3.76. The Bertz CT molecular complexity index is 1100. The van der Waals surface area contributed by atoms with E-state index < -0.39 is 5.97 Å². The summed E-state index contributed by atoms with van der Waals surface area (Å²) in [7, 11) is 0. The first-order valence-electron chi connectivity index (χ1n) is 8.79. The van der Waals surface area contributed by atoms with E-state index in [0.717, 1.165) is 10.4 Å². The lowest BCUT2D eigenvalue weighted by Crippen LogP contribution is -2.21. The van der Waals surface area contributed by atoms with E-state index in [4.69, 9.17) is 19.9 Å². The molecule has 2 heterocycles. The van der Waals surface area contributed by atoms with Crippen molar-refractivity contribution in [2.45, 2.75) is 5.92 Å². The number of thiophene rings is 1. The molecule has 0 saturated carbocycles. The second-order valence-electron chi connectivity index (χ2n) is 6.22. The molecule has 1 aliphatic heterocycles. The molecule has 29 heavy (non-hydrogen) atoms. The van der Waals surface area contributed by atoms with Gasteiger partial charge < -0.3 is 19.9 Å². The van der Waals surface area contributed by atoms with Crippen molar-refractivity contribution in [1.82, 2.24) is 0 Å². The van der Waals surface area contributed by atoms with Crippen LogP contribution in [0, 0.1) is 11.3 Å². The van der Waals surface area contributed by atoms with Gasteiger partial charge in [0, 0.05) is 16.5 Å². The fourth-order valence-electron chi connectivity index (χ4n) is 3.07. The van der Waals surface area contributed by atoms with E-state index in [0.29, 0.717) is 22.8 Å². The smallest absolute Gasteiger partial charge is 0.349 e. The zero-order valence-corrected chi connectivity index (χ0v) is 16.0. The van der Waals surface area contributed by atoms with E-state index in [2.05, 4.69) is 6.07 Å². The number of nitrogens with zero attached hydrogens (tertiary/aromatic N) is 1. The van der Waals surface area contributed by atoms with Crippen LogP contribution in [0.1, 0.15) is 16.4 Å². The van der Waals surface area contributed by atoms with Crippen molar-refractivity contribution in [3.8, 4) is 23.3 Å². The van der Waals surface area contributed by atoms with Gasteiger partial charge in [0.15, 0.2) is 6.61 Å². The second-order valence-corrected chi connectivity index (χ2v) is 7.19. The van der Waals surface area contributed by atoms with Crippen LogP contribution in [0.25, 0.3) is 0 Å². The predicted molar refractivity (Wildman–Crippen MR) is 108 cm³/mol. The molecule has 0 aliphatic carbocycles. The van der Waals surface area contributed by atoms with Gasteiger partial charge in [-0.3, -0.25) is 0 Å². The number of hydrogen-bond acceptors (Lipinski definition) is 7. The molecule has 0 radical (unpaired) electrons. The Kier molecular flexibility index (Phi) is 5.18. The van der Waals surface area contributed by atoms with Gasteiger partial charge in [0.25, 0.3) is 0 Å². The zero-order valence-electron chi connectivity index (χ0n) is 15.2. The summed E-state index contributed by atoms with van der Waals surface area (Å²) >= 11 is 1.54. The molecule has 2 aromatic carbocycles. The summed E-state index contributed by atoms with van der Waals surface area (Å²) in [5.41, 5.74) is 7.13. The first-order chi connectivity index (χ1) is 14.2. The van der Waals surface area contributed by atoms with Gasteiger partial charge in [-0.25, -0.2) is 4.79 Å². The number of fused-ring (bicyclic) bond motifs is 1. The summed E-state index contributed by atoms with van der Waals surface area (Å²) in [5, 5.41) is 11.5. The fraction of sp³-hybridized carbons (Fsp3) is 0.0909. The maximum atomic E-state index is 12.1. The average molecular weight is 404 g/mol. The van der Waals surface area contributed by atoms with Crippen LogP contribution >= 0.6 is 11.3 Å². The van der Waals surface area contributed by atoms with E-state index in [-0.39, 0.29) is 18.4 Å². The number of esters is 1. The molecule has 7 heteroatoms. The summed E-state index contributed by atoms with van der Waals surface area (Å²) in [5.74, 6) is 0.543.